The molecular formula is C25H24BrOP. The molecular weight excluding hydrogens is 427 g/mol. The molecule has 0 N–H and O–H groups in total. The van der Waals surface area contributed by atoms with Crippen molar-refractivity contribution >= 4 is 49.9 Å². The Morgan fingerprint density at radius 1 is 0.786 bits per heavy atom. The molecule has 0 aliphatic rings. The van der Waals surface area contributed by atoms with Gasteiger partial charge in [-0.2, -0.15) is 0 Å². The number of hydrogen-bond donors (Lipinski definition) is 0. The Balaban J connectivity index is 2.25. The molecule has 0 bridgehead atoms. The Bertz CT molecular complexity index is 1200. The smallest absolute Gasteiger partial charge is 0.116 e. The van der Waals surface area contributed by atoms with E-state index >= 15 is 0 Å². The zero-order valence-electron chi connectivity index (χ0n) is 16.3. The molecule has 28 heavy (non-hydrogen) atoms. The Kier molecular flexibility index (Phi) is 5.45. The summed E-state index contributed by atoms with van der Waals surface area (Å²) in [4.78, 5) is 0. The second-order valence-electron chi connectivity index (χ2n) is 7.16. The van der Waals surface area contributed by atoms with Crippen LogP contribution in [0.25, 0.3) is 32.7 Å². The minimum atomic E-state index is -2.50. The second-order valence-corrected chi connectivity index (χ2v) is 11.2. The minimum absolute atomic E-state index is 0.680. The van der Waals surface area contributed by atoms with Crippen molar-refractivity contribution in [3.8, 4) is 11.1 Å². The molecule has 0 unspecified atom stereocenters. The average Bonchev–Trinajstić information content (AvgIpc) is 2.76. The fourth-order valence-corrected chi connectivity index (χ4v) is 7.27. The molecule has 142 valence electrons. The molecule has 4 aromatic carbocycles. The van der Waals surface area contributed by atoms with Crippen LogP contribution in [0.2, 0.25) is 0 Å². The number of halogens is 1. The quantitative estimate of drug-likeness (QED) is 0.226. The van der Waals surface area contributed by atoms with Crippen LogP contribution in [0.3, 0.4) is 0 Å². The molecule has 0 atom stereocenters. The van der Waals surface area contributed by atoms with Crippen molar-refractivity contribution in [2.45, 2.75) is 19.2 Å². The lowest BCUT2D eigenvalue weighted by Gasteiger charge is -2.25. The SMILES string of the molecule is CCP(=O)(CC)c1c(CBr)cc2ccccc2c1-c1cccc2ccccc12. The summed E-state index contributed by atoms with van der Waals surface area (Å²) in [6.07, 6.45) is 1.36. The van der Waals surface area contributed by atoms with E-state index < -0.39 is 7.14 Å². The molecule has 4 rings (SSSR count). The van der Waals surface area contributed by atoms with Crippen molar-refractivity contribution in [2.75, 3.05) is 12.3 Å². The number of rotatable bonds is 5. The summed E-state index contributed by atoms with van der Waals surface area (Å²) < 4.78 is 14.1. The number of fused-ring (bicyclic) bond motifs is 2. The van der Waals surface area contributed by atoms with Crippen LogP contribution in [0, 0.1) is 0 Å². The summed E-state index contributed by atoms with van der Waals surface area (Å²) in [6, 6.07) is 25.6. The van der Waals surface area contributed by atoms with Crippen LogP contribution in [-0.2, 0) is 9.90 Å². The summed E-state index contributed by atoms with van der Waals surface area (Å²) >= 11 is 3.68. The van der Waals surface area contributed by atoms with Crippen molar-refractivity contribution < 1.29 is 4.57 Å². The van der Waals surface area contributed by atoms with Crippen LogP contribution >= 0.6 is 23.1 Å². The predicted molar refractivity (Wildman–Crippen MR) is 128 cm³/mol. The van der Waals surface area contributed by atoms with Gasteiger partial charge in [0.05, 0.1) is 0 Å². The number of hydrogen-bond acceptors (Lipinski definition) is 1. The first-order chi connectivity index (χ1) is 13.6. The Morgan fingerprint density at radius 3 is 2.07 bits per heavy atom. The lowest BCUT2D eigenvalue weighted by molar-refractivity contribution is 0.582. The van der Waals surface area contributed by atoms with Crippen LogP contribution in [0.15, 0.2) is 72.8 Å². The van der Waals surface area contributed by atoms with Crippen LogP contribution in [-0.4, -0.2) is 12.3 Å². The van der Waals surface area contributed by atoms with Gasteiger partial charge in [-0.1, -0.05) is 96.5 Å². The van der Waals surface area contributed by atoms with Crippen LogP contribution in [0.1, 0.15) is 19.4 Å². The van der Waals surface area contributed by atoms with E-state index in [1.807, 2.05) is 0 Å². The first-order valence-electron chi connectivity index (χ1n) is 9.80. The maximum Gasteiger partial charge on any atom is 0.116 e. The highest BCUT2D eigenvalue weighted by Gasteiger charge is 2.29. The fourth-order valence-electron chi connectivity index (χ4n) is 4.22. The van der Waals surface area contributed by atoms with E-state index in [9.17, 15) is 4.57 Å². The van der Waals surface area contributed by atoms with Crippen molar-refractivity contribution in [1.82, 2.24) is 0 Å². The van der Waals surface area contributed by atoms with E-state index in [1.54, 1.807) is 0 Å². The van der Waals surface area contributed by atoms with Gasteiger partial charge >= 0.3 is 0 Å². The van der Waals surface area contributed by atoms with Gasteiger partial charge in [0.25, 0.3) is 0 Å². The topological polar surface area (TPSA) is 17.1 Å². The highest BCUT2D eigenvalue weighted by molar-refractivity contribution is 9.08. The third-order valence-corrected chi connectivity index (χ3v) is 9.71. The van der Waals surface area contributed by atoms with Gasteiger partial charge in [-0.25, -0.2) is 0 Å². The maximum absolute atomic E-state index is 14.1. The van der Waals surface area contributed by atoms with Gasteiger partial charge in [-0.15, -0.1) is 0 Å². The Hall–Kier alpha value is -1.89. The van der Waals surface area contributed by atoms with Crippen molar-refractivity contribution in [3.63, 3.8) is 0 Å². The van der Waals surface area contributed by atoms with Gasteiger partial charge in [0.2, 0.25) is 0 Å². The van der Waals surface area contributed by atoms with E-state index in [0.717, 1.165) is 16.4 Å². The molecule has 0 amide bonds. The first-order valence-corrected chi connectivity index (χ1v) is 13.0. The van der Waals surface area contributed by atoms with Gasteiger partial charge in [-0.3, -0.25) is 0 Å². The zero-order chi connectivity index (χ0) is 19.7. The van der Waals surface area contributed by atoms with E-state index in [2.05, 4.69) is 103 Å². The van der Waals surface area contributed by atoms with E-state index in [0.29, 0.717) is 17.7 Å². The normalized spacial score (nSPS) is 12.0. The summed E-state index contributed by atoms with van der Waals surface area (Å²) in [5.74, 6) is 0. The van der Waals surface area contributed by atoms with Gasteiger partial charge < -0.3 is 4.57 Å². The van der Waals surface area contributed by atoms with Gasteiger partial charge in [0, 0.05) is 28.5 Å². The standard InChI is InChI=1S/C25H24BrOP/c1-3-28(27,4-2)25-20(17-26)16-19-11-6-8-14-22(19)24(25)23-15-9-12-18-10-5-7-13-21(18)23/h5-16H,3-4,17H2,1-2H3. The second kappa shape index (κ2) is 7.85. The average molecular weight is 451 g/mol. The van der Waals surface area contributed by atoms with Gasteiger partial charge in [0.15, 0.2) is 0 Å². The lowest BCUT2D eigenvalue weighted by Crippen LogP contribution is -2.17. The largest absolute Gasteiger partial charge is 0.319 e. The molecule has 0 spiro atoms. The Morgan fingerprint density at radius 2 is 1.39 bits per heavy atom. The van der Waals surface area contributed by atoms with E-state index in [4.69, 9.17) is 0 Å². The van der Waals surface area contributed by atoms with Crippen molar-refractivity contribution in [3.05, 3.63) is 78.4 Å². The Labute approximate surface area is 175 Å². The molecule has 0 aliphatic heterocycles. The zero-order valence-corrected chi connectivity index (χ0v) is 18.8. The molecule has 1 nitrogen and oxygen atoms in total. The van der Waals surface area contributed by atoms with Crippen molar-refractivity contribution in [2.24, 2.45) is 0 Å². The fraction of sp³-hybridized carbons (Fsp3) is 0.200. The third-order valence-electron chi connectivity index (χ3n) is 5.73. The highest BCUT2D eigenvalue weighted by atomic mass is 79.9. The van der Waals surface area contributed by atoms with E-state index in [1.165, 1.54) is 27.1 Å². The summed E-state index contributed by atoms with van der Waals surface area (Å²) in [5.41, 5.74) is 3.47. The predicted octanol–water partition coefficient (Wildman–Crippen LogP) is 7.58. The maximum atomic E-state index is 14.1. The van der Waals surface area contributed by atoms with Gasteiger partial charge in [0.1, 0.15) is 7.14 Å². The molecule has 0 aliphatic carbocycles. The van der Waals surface area contributed by atoms with Crippen LogP contribution < -0.4 is 5.30 Å². The molecule has 0 heterocycles. The summed E-state index contributed by atoms with van der Waals surface area (Å²) in [6.45, 7) is 4.12. The summed E-state index contributed by atoms with van der Waals surface area (Å²) in [5, 5.41) is 6.56. The van der Waals surface area contributed by atoms with Crippen LogP contribution in [0.4, 0.5) is 0 Å². The molecule has 0 saturated carbocycles. The third kappa shape index (κ3) is 3.13. The van der Waals surface area contributed by atoms with E-state index in [-0.39, 0.29) is 0 Å². The molecule has 0 aromatic heterocycles. The molecule has 4 aromatic rings. The number of benzene rings is 4. The van der Waals surface area contributed by atoms with Gasteiger partial charge in [-0.05, 0) is 38.7 Å². The van der Waals surface area contributed by atoms with Crippen molar-refractivity contribution in [1.29, 1.82) is 0 Å². The molecule has 3 heteroatoms. The molecule has 0 radical (unpaired) electrons. The monoisotopic (exact) mass is 450 g/mol. The van der Waals surface area contributed by atoms with Crippen LogP contribution in [0.5, 0.6) is 0 Å². The summed E-state index contributed by atoms with van der Waals surface area (Å²) in [7, 11) is -2.50. The molecule has 0 saturated heterocycles. The lowest BCUT2D eigenvalue weighted by atomic mass is 9.92. The molecule has 0 fully saturated rings. The highest BCUT2D eigenvalue weighted by Crippen LogP contribution is 2.50. The minimum Gasteiger partial charge on any atom is -0.319 e. The first kappa shape index (κ1) is 19.4. The number of alkyl halides is 1.